The van der Waals surface area contributed by atoms with E-state index in [-0.39, 0.29) is 5.91 Å². The third-order valence-corrected chi connectivity index (χ3v) is 5.64. The molecule has 1 heterocycles. The van der Waals surface area contributed by atoms with E-state index in [0.717, 1.165) is 22.5 Å². The first kappa shape index (κ1) is 21.1. The Balaban J connectivity index is 1.44. The Kier molecular flexibility index (Phi) is 6.67. The second-order valence-electron chi connectivity index (χ2n) is 6.60. The lowest BCUT2D eigenvalue weighted by Gasteiger charge is -2.06. The fourth-order valence-corrected chi connectivity index (χ4v) is 4.03. The number of halogens is 2. The van der Waals surface area contributed by atoms with Gasteiger partial charge in [0.25, 0.3) is 0 Å². The van der Waals surface area contributed by atoms with E-state index in [1.54, 1.807) is 18.2 Å². The summed E-state index contributed by atoms with van der Waals surface area (Å²) in [4.78, 5) is 16.9. The standard InChI is InChI=1S/C24H17Cl2N3OS/c25-18-10-11-21(20(26)14-18)28-24-29-22(15-31-24)17-7-4-8-19(13-17)27-23(30)12-9-16-5-2-1-3-6-16/h1-15H,(H,27,30)(H,28,29)/b12-9+. The molecule has 7 heteroatoms. The van der Waals surface area contributed by atoms with Crippen LogP contribution in [0.15, 0.2) is 84.3 Å². The van der Waals surface area contributed by atoms with Gasteiger partial charge in [0.2, 0.25) is 5.91 Å². The maximum absolute atomic E-state index is 12.3. The molecule has 0 saturated carbocycles. The second-order valence-corrected chi connectivity index (χ2v) is 8.30. The molecule has 0 bridgehead atoms. The van der Waals surface area contributed by atoms with Gasteiger partial charge < -0.3 is 10.6 Å². The van der Waals surface area contributed by atoms with Crippen molar-refractivity contribution >= 4 is 63.0 Å². The van der Waals surface area contributed by atoms with Crippen LogP contribution in [0.1, 0.15) is 5.56 Å². The molecule has 1 amide bonds. The highest BCUT2D eigenvalue weighted by atomic mass is 35.5. The van der Waals surface area contributed by atoms with Crippen molar-refractivity contribution < 1.29 is 4.79 Å². The number of aromatic nitrogens is 1. The lowest BCUT2D eigenvalue weighted by Crippen LogP contribution is -2.07. The van der Waals surface area contributed by atoms with Crippen LogP contribution in [-0.2, 0) is 4.79 Å². The predicted molar refractivity (Wildman–Crippen MR) is 131 cm³/mol. The van der Waals surface area contributed by atoms with Gasteiger partial charge in [0, 0.05) is 27.7 Å². The van der Waals surface area contributed by atoms with Crippen molar-refractivity contribution in [3.63, 3.8) is 0 Å². The van der Waals surface area contributed by atoms with Crippen LogP contribution >= 0.6 is 34.5 Å². The molecule has 4 aromatic rings. The molecule has 0 saturated heterocycles. The number of rotatable bonds is 6. The second kappa shape index (κ2) is 9.79. The van der Waals surface area contributed by atoms with E-state index in [0.29, 0.717) is 20.9 Å². The molecule has 31 heavy (non-hydrogen) atoms. The summed E-state index contributed by atoms with van der Waals surface area (Å²) in [6.07, 6.45) is 3.29. The number of hydrogen-bond donors (Lipinski definition) is 2. The number of nitrogens with one attached hydrogen (secondary N) is 2. The highest BCUT2D eigenvalue weighted by Crippen LogP contribution is 2.32. The molecule has 154 valence electrons. The van der Waals surface area contributed by atoms with Gasteiger partial charge in [0.1, 0.15) is 0 Å². The molecule has 4 nitrogen and oxygen atoms in total. The van der Waals surface area contributed by atoms with Crippen LogP contribution in [-0.4, -0.2) is 10.9 Å². The Bertz CT molecular complexity index is 1240. The summed E-state index contributed by atoms with van der Waals surface area (Å²) >= 11 is 13.6. The number of anilines is 3. The Hall–Kier alpha value is -3.12. The van der Waals surface area contributed by atoms with E-state index in [2.05, 4.69) is 15.6 Å². The topological polar surface area (TPSA) is 54.0 Å². The van der Waals surface area contributed by atoms with Crippen LogP contribution < -0.4 is 10.6 Å². The lowest BCUT2D eigenvalue weighted by atomic mass is 10.1. The monoisotopic (exact) mass is 465 g/mol. The molecule has 0 aliphatic carbocycles. The Morgan fingerprint density at radius 3 is 2.61 bits per heavy atom. The average Bonchev–Trinajstić information content (AvgIpc) is 3.24. The van der Waals surface area contributed by atoms with Gasteiger partial charge in [0.05, 0.1) is 16.4 Å². The maximum atomic E-state index is 12.3. The van der Waals surface area contributed by atoms with Crippen molar-refractivity contribution in [2.75, 3.05) is 10.6 Å². The Morgan fingerprint density at radius 1 is 0.968 bits per heavy atom. The minimum absolute atomic E-state index is 0.195. The predicted octanol–water partition coefficient (Wildman–Crippen LogP) is 7.51. The van der Waals surface area contributed by atoms with Crippen molar-refractivity contribution in [2.45, 2.75) is 0 Å². The first-order chi connectivity index (χ1) is 15.1. The molecule has 0 radical (unpaired) electrons. The molecule has 0 atom stereocenters. The van der Waals surface area contributed by atoms with Gasteiger partial charge in [0.15, 0.2) is 5.13 Å². The van der Waals surface area contributed by atoms with E-state index in [1.807, 2.05) is 66.0 Å². The molecule has 0 fully saturated rings. The summed E-state index contributed by atoms with van der Waals surface area (Å²) in [5, 5.41) is 9.85. The van der Waals surface area contributed by atoms with Crippen LogP contribution in [0.2, 0.25) is 10.0 Å². The van der Waals surface area contributed by atoms with Crippen LogP contribution in [0.3, 0.4) is 0 Å². The number of benzene rings is 3. The van der Waals surface area contributed by atoms with Gasteiger partial charge in [-0.3, -0.25) is 4.79 Å². The van der Waals surface area contributed by atoms with Crippen molar-refractivity contribution in [2.24, 2.45) is 0 Å². The summed E-state index contributed by atoms with van der Waals surface area (Å²) in [7, 11) is 0. The van der Waals surface area contributed by atoms with E-state index < -0.39 is 0 Å². The summed E-state index contributed by atoms with van der Waals surface area (Å²) in [6, 6.07) is 22.5. The Morgan fingerprint density at radius 2 is 1.81 bits per heavy atom. The van der Waals surface area contributed by atoms with Gasteiger partial charge in [-0.2, -0.15) is 0 Å². The highest BCUT2D eigenvalue weighted by Gasteiger charge is 2.08. The number of hydrogen-bond acceptors (Lipinski definition) is 4. The van der Waals surface area contributed by atoms with Gasteiger partial charge in [-0.25, -0.2) is 4.98 Å². The molecular weight excluding hydrogens is 449 g/mol. The summed E-state index contributed by atoms with van der Waals surface area (Å²) < 4.78 is 0. The van der Waals surface area contributed by atoms with Gasteiger partial charge in [-0.05, 0) is 42.0 Å². The number of amides is 1. The zero-order valence-corrected chi connectivity index (χ0v) is 18.5. The first-order valence-electron chi connectivity index (χ1n) is 9.39. The number of carbonyl (C=O) groups excluding carboxylic acids is 1. The van der Waals surface area contributed by atoms with E-state index in [4.69, 9.17) is 23.2 Å². The third kappa shape index (κ3) is 5.73. The molecule has 2 N–H and O–H groups in total. The summed E-state index contributed by atoms with van der Waals surface area (Å²) in [5.41, 5.74) is 4.10. The van der Waals surface area contributed by atoms with Gasteiger partial charge >= 0.3 is 0 Å². The Labute approximate surface area is 194 Å². The van der Waals surface area contributed by atoms with Crippen LogP contribution in [0, 0.1) is 0 Å². The highest BCUT2D eigenvalue weighted by molar-refractivity contribution is 7.14. The van der Waals surface area contributed by atoms with Crippen molar-refractivity contribution in [1.82, 2.24) is 4.98 Å². The molecular formula is C24H17Cl2N3OS. The van der Waals surface area contributed by atoms with Crippen molar-refractivity contribution in [3.05, 3.63) is 99.9 Å². The van der Waals surface area contributed by atoms with Gasteiger partial charge in [-0.1, -0.05) is 65.7 Å². The van der Waals surface area contributed by atoms with Crippen molar-refractivity contribution in [3.8, 4) is 11.3 Å². The van der Waals surface area contributed by atoms with Crippen LogP contribution in [0.5, 0.6) is 0 Å². The van der Waals surface area contributed by atoms with Crippen LogP contribution in [0.25, 0.3) is 17.3 Å². The molecule has 0 spiro atoms. The van der Waals surface area contributed by atoms with E-state index >= 15 is 0 Å². The first-order valence-corrected chi connectivity index (χ1v) is 11.0. The smallest absolute Gasteiger partial charge is 0.248 e. The fraction of sp³-hybridized carbons (Fsp3) is 0. The molecule has 0 aliphatic heterocycles. The van der Waals surface area contributed by atoms with Gasteiger partial charge in [-0.15, -0.1) is 11.3 Å². The van der Waals surface area contributed by atoms with E-state index in [9.17, 15) is 4.79 Å². The van der Waals surface area contributed by atoms with Crippen molar-refractivity contribution in [1.29, 1.82) is 0 Å². The number of carbonyl (C=O) groups is 1. The molecule has 1 aromatic heterocycles. The molecule has 4 rings (SSSR count). The minimum Gasteiger partial charge on any atom is -0.330 e. The van der Waals surface area contributed by atoms with E-state index in [1.165, 1.54) is 17.4 Å². The van der Waals surface area contributed by atoms with Crippen LogP contribution in [0.4, 0.5) is 16.5 Å². The zero-order chi connectivity index (χ0) is 21.6. The normalized spacial score (nSPS) is 10.9. The number of thiazole rings is 1. The zero-order valence-electron chi connectivity index (χ0n) is 16.2. The molecule has 0 aliphatic rings. The minimum atomic E-state index is -0.195. The lowest BCUT2D eigenvalue weighted by molar-refractivity contribution is -0.111. The largest absolute Gasteiger partial charge is 0.330 e. The number of nitrogens with zero attached hydrogens (tertiary/aromatic N) is 1. The maximum Gasteiger partial charge on any atom is 0.248 e. The summed E-state index contributed by atoms with van der Waals surface area (Å²) in [6.45, 7) is 0. The fourth-order valence-electron chi connectivity index (χ4n) is 2.85. The average molecular weight is 466 g/mol. The molecule has 3 aromatic carbocycles. The quantitative estimate of drug-likeness (QED) is 0.289. The SMILES string of the molecule is O=C(/C=C/c1ccccc1)Nc1cccc(-c2csc(Nc3ccc(Cl)cc3Cl)n2)c1. The third-order valence-electron chi connectivity index (χ3n) is 4.33. The molecule has 0 unspecified atom stereocenters. The summed E-state index contributed by atoms with van der Waals surface area (Å²) in [5.74, 6) is -0.195.